The molecule has 0 aromatic carbocycles. The van der Waals surface area contributed by atoms with Crippen LogP contribution in [0.1, 0.15) is 0 Å². The van der Waals surface area contributed by atoms with Gasteiger partial charge in [-0.3, -0.25) is 9.59 Å². The number of nitrogens with two attached hydrogens (primary N) is 2. The van der Waals surface area contributed by atoms with Gasteiger partial charge in [-0.1, -0.05) is 43.1 Å². The smallest absolute Gasteiger partial charge is 0.290 e. The average molecular weight is 515 g/mol. The van der Waals surface area contributed by atoms with Crippen molar-refractivity contribution >= 4 is 68.7 Å². The number of imidazole rings is 2. The molecule has 34 heavy (non-hydrogen) atoms. The van der Waals surface area contributed by atoms with E-state index in [0.29, 0.717) is 11.6 Å². The lowest BCUT2D eigenvalue weighted by atomic mass is 10.1. The van der Waals surface area contributed by atoms with Crippen molar-refractivity contribution in [1.82, 2.24) is 29.9 Å². The highest BCUT2D eigenvalue weighted by Crippen LogP contribution is 2.23. The normalized spacial score (nSPS) is 12.9. The van der Waals surface area contributed by atoms with Crippen LogP contribution in [0.25, 0.3) is 22.3 Å². The van der Waals surface area contributed by atoms with E-state index in [4.69, 9.17) is 34.7 Å². The van der Waals surface area contributed by atoms with Gasteiger partial charge in [-0.25, -0.2) is 9.97 Å². The van der Waals surface area contributed by atoms with Gasteiger partial charge in [0.15, 0.2) is 35.3 Å². The van der Waals surface area contributed by atoms with Crippen molar-refractivity contribution in [3.8, 4) is 0 Å². The lowest BCUT2D eigenvalue weighted by molar-refractivity contribution is -0.352. The van der Waals surface area contributed by atoms with E-state index < -0.39 is 33.1 Å². The zero-order valence-corrected chi connectivity index (χ0v) is 18.2. The fourth-order valence-corrected chi connectivity index (χ4v) is 2.60. The van der Waals surface area contributed by atoms with Gasteiger partial charge in [-0.05, 0) is 11.5 Å². The molecule has 0 bridgehead atoms. The zero-order valence-electron chi connectivity index (χ0n) is 16.6. The Labute approximate surface area is 198 Å². The number of carbonyl (C=O) groups is 2. The molecule has 0 saturated carbocycles. The molecule has 0 unspecified atom stereocenters. The predicted octanol–water partition coefficient (Wildman–Crippen LogP) is -4.18. The maximum Gasteiger partial charge on any atom is 0.290 e. The van der Waals surface area contributed by atoms with Gasteiger partial charge in [0.05, 0.1) is 10.1 Å². The summed E-state index contributed by atoms with van der Waals surface area (Å²) in [6, 6.07) is 0. The van der Waals surface area contributed by atoms with Gasteiger partial charge in [0.25, 0.3) is 11.3 Å². The van der Waals surface area contributed by atoms with Crippen LogP contribution in [0, 0.1) is 0 Å². The molecule has 4 aromatic heterocycles. The number of carbonyl (C=O) groups excluding carboxylic acids is 2. The Morgan fingerprint density at radius 3 is 1.41 bits per heavy atom. The van der Waals surface area contributed by atoms with Crippen molar-refractivity contribution in [1.29, 1.82) is 0 Å². The van der Waals surface area contributed by atoms with Crippen LogP contribution in [0.4, 0.5) is 11.6 Å². The molecule has 5 rings (SSSR count). The standard InChI is InChI=1S/C6H2Cl2O4.2C5H5N5.2H2O/c7-1-3(9)5(11)2(8)6(12)4(1)10;2*6-4-3-5(9-1-7-3)10-2-8-4;;/h9,12H;2*1-2H,(H3,6,7,8,9,10);2*1H2. The molecule has 4 heterocycles. The summed E-state index contributed by atoms with van der Waals surface area (Å²) in [5, 5.41) is 19.6. The van der Waals surface area contributed by atoms with Crippen LogP contribution < -0.4 is 31.6 Å². The number of hydrogen-bond acceptors (Lipinski definition) is 10. The molecule has 12 N–H and O–H groups in total. The monoisotopic (exact) mass is 514 g/mol. The second kappa shape index (κ2) is 11.5. The van der Waals surface area contributed by atoms with Crippen LogP contribution in [-0.4, -0.2) is 52.4 Å². The van der Waals surface area contributed by atoms with E-state index in [1.54, 1.807) is 12.7 Å². The van der Waals surface area contributed by atoms with Crippen molar-refractivity contribution in [3.63, 3.8) is 0 Å². The molecule has 180 valence electrons. The summed E-state index contributed by atoms with van der Waals surface area (Å²) in [6.07, 6.45) is 6.16. The number of halogens is 2. The molecule has 0 amide bonds. The number of fused-ring (bicyclic) bond motifs is 2. The molecule has 0 radical (unpaired) electrons. The Morgan fingerprint density at radius 1 is 0.735 bits per heavy atom. The van der Waals surface area contributed by atoms with E-state index in [1.165, 1.54) is 12.7 Å². The molecule has 0 fully saturated rings. The number of rotatable bonds is 0. The molecule has 18 heteroatoms. The number of nitrogens with one attached hydrogen (secondary N) is 4. The largest absolute Gasteiger partial charge is 0.869 e. The van der Waals surface area contributed by atoms with Crippen molar-refractivity contribution in [3.05, 3.63) is 46.9 Å². The molecular formula is C16H16Cl2N10O6. The van der Waals surface area contributed by atoms with E-state index >= 15 is 0 Å². The highest BCUT2D eigenvalue weighted by molar-refractivity contribution is 6.55. The summed E-state index contributed by atoms with van der Waals surface area (Å²) in [4.78, 5) is 48.3. The Morgan fingerprint density at radius 2 is 1.09 bits per heavy atom. The van der Waals surface area contributed by atoms with Gasteiger partial charge in [-0.2, -0.15) is 0 Å². The lowest BCUT2D eigenvalue weighted by Gasteiger charge is -2.23. The van der Waals surface area contributed by atoms with Gasteiger partial charge >= 0.3 is 0 Å². The molecule has 16 nitrogen and oxygen atoms in total. The molecule has 0 aliphatic heterocycles. The quantitative estimate of drug-likeness (QED) is 0.164. The number of nitrogen functional groups attached to an aromatic ring is 2. The summed E-state index contributed by atoms with van der Waals surface area (Å²) in [6.45, 7) is 0. The number of allylic oxidation sites excluding steroid dienone is 2. The van der Waals surface area contributed by atoms with Gasteiger partial charge in [0, 0.05) is 0 Å². The van der Waals surface area contributed by atoms with E-state index in [1.807, 2.05) is 0 Å². The number of hydrogen-bond donors (Lipinski definition) is 4. The summed E-state index contributed by atoms with van der Waals surface area (Å²) < 4.78 is 0. The molecule has 1 aliphatic rings. The van der Waals surface area contributed by atoms with Gasteiger partial charge in [0.1, 0.15) is 0 Å². The van der Waals surface area contributed by atoms with Crippen molar-refractivity contribution in [2.24, 2.45) is 0 Å². The SMILES string of the molecule is Nc1nc[nH+]c2nc[nH]c12.Nc1nc[nH+]c2nc[nH]c12.O.O.O=C1C([O-])=C(Cl)C(=O)C([O-])=C1Cl. The van der Waals surface area contributed by atoms with E-state index in [-0.39, 0.29) is 11.0 Å². The molecule has 0 spiro atoms. The molecule has 4 aromatic rings. The number of aromatic amines is 4. The van der Waals surface area contributed by atoms with E-state index in [0.717, 1.165) is 22.3 Å². The number of aromatic nitrogens is 8. The average Bonchev–Trinajstić information content (AvgIpc) is 3.47. The summed E-state index contributed by atoms with van der Waals surface area (Å²) in [7, 11) is 0. The fourth-order valence-electron chi connectivity index (χ4n) is 2.26. The topological polar surface area (TPSA) is 307 Å². The highest BCUT2D eigenvalue weighted by Gasteiger charge is 2.22. The molecular weight excluding hydrogens is 499 g/mol. The minimum absolute atomic E-state index is 0. The first kappa shape index (κ1) is 27.7. The van der Waals surface area contributed by atoms with Crippen molar-refractivity contribution < 1.29 is 40.7 Å². The van der Waals surface area contributed by atoms with E-state index in [9.17, 15) is 19.8 Å². The van der Waals surface area contributed by atoms with Crippen molar-refractivity contribution in [2.45, 2.75) is 0 Å². The minimum Gasteiger partial charge on any atom is -0.869 e. The van der Waals surface area contributed by atoms with Crippen LogP contribution >= 0.6 is 23.2 Å². The maximum absolute atomic E-state index is 10.7. The number of ketones is 2. The first-order chi connectivity index (χ1) is 15.2. The minimum atomic E-state index is -1.23. The fraction of sp³-hybridized carbons (Fsp3) is 0. The maximum atomic E-state index is 10.7. The summed E-state index contributed by atoms with van der Waals surface area (Å²) >= 11 is 10.2. The summed E-state index contributed by atoms with van der Waals surface area (Å²) in [5.41, 5.74) is 14.0. The summed E-state index contributed by atoms with van der Waals surface area (Å²) in [5.74, 6) is -3.99. The van der Waals surface area contributed by atoms with Crippen LogP contribution in [-0.2, 0) is 9.59 Å². The third kappa shape index (κ3) is 5.51. The zero-order chi connectivity index (χ0) is 23.4. The molecule has 1 aliphatic carbocycles. The number of nitrogens with zero attached hydrogens (tertiary/aromatic N) is 4. The van der Waals surface area contributed by atoms with Gasteiger partial charge in [0.2, 0.25) is 24.3 Å². The van der Waals surface area contributed by atoms with Crippen molar-refractivity contribution in [2.75, 3.05) is 11.5 Å². The van der Waals surface area contributed by atoms with Gasteiger partial charge < -0.3 is 42.6 Å². The third-order valence-corrected chi connectivity index (χ3v) is 4.50. The number of H-pyrrole nitrogens is 4. The molecule has 0 saturated heterocycles. The van der Waals surface area contributed by atoms with Crippen LogP contribution in [0.15, 0.2) is 46.9 Å². The predicted molar refractivity (Wildman–Crippen MR) is 113 cm³/mol. The van der Waals surface area contributed by atoms with Gasteiger partial charge in [-0.15, -0.1) is 0 Å². The second-order valence-corrected chi connectivity index (χ2v) is 6.53. The Hall–Kier alpha value is -4.38. The van der Waals surface area contributed by atoms with Crippen LogP contribution in [0.2, 0.25) is 0 Å². The first-order valence-corrected chi connectivity index (χ1v) is 9.11. The molecule has 0 atom stereocenters. The third-order valence-electron chi connectivity index (χ3n) is 3.81. The van der Waals surface area contributed by atoms with E-state index in [2.05, 4.69) is 39.9 Å². The Kier molecular flexibility index (Phi) is 9.33. The van der Waals surface area contributed by atoms with Crippen LogP contribution in [0.3, 0.4) is 0 Å². The second-order valence-electron chi connectivity index (χ2n) is 5.77. The lowest BCUT2D eigenvalue weighted by Crippen LogP contribution is -2.31. The first-order valence-electron chi connectivity index (χ1n) is 8.35. The highest BCUT2D eigenvalue weighted by atomic mass is 35.5. The Balaban J connectivity index is 0.000000249. The number of Topliss-reactive ketones (excluding diaryl/α,β-unsaturated/α-hetero) is 2. The Bertz CT molecular complexity index is 1270. The van der Waals surface area contributed by atoms with Crippen LogP contribution in [0.5, 0.6) is 0 Å². The number of anilines is 2.